The number of nitrogen functional groups attached to an aromatic ring is 1. The van der Waals surface area contributed by atoms with Crippen LogP contribution in [-0.4, -0.2) is 11.9 Å². The molecule has 1 unspecified atom stereocenters. The number of benzene rings is 1. The highest BCUT2D eigenvalue weighted by molar-refractivity contribution is 5.76. The van der Waals surface area contributed by atoms with E-state index < -0.39 is 0 Å². The molecule has 0 aliphatic rings. The number of hydrogen-bond donors (Lipinski definition) is 2. The molecule has 0 fully saturated rings. The lowest BCUT2D eigenvalue weighted by molar-refractivity contribution is -0.121. The van der Waals surface area contributed by atoms with Gasteiger partial charge >= 0.3 is 0 Å². The minimum atomic E-state index is -0.214. The van der Waals surface area contributed by atoms with Crippen molar-refractivity contribution in [2.75, 3.05) is 5.73 Å². The molecule has 84 valence electrons. The first-order valence-corrected chi connectivity index (χ1v) is 5.21. The van der Waals surface area contributed by atoms with Gasteiger partial charge in [0.25, 0.3) is 0 Å². The first kappa shape index (κ1) is 12.1. The molecule has 3 nitrogen and oxygen atoms in total. The van der Waals surface area contributed by atoms with E-state index in [0.717, 1.165) is 11.3 Å². The number of carbonyl (C=O) groups is 1. The molecule has 0 aliphatic carbocycles. The van der Waals surface area contributed by atoms with Gasteiger partial charge in [0.05, 0.1) is 6.04 Å². The lowest BCUT2D eigenvalue weighted by Crippen LogP contribution is -2.31. The molecule has 1 rings (SSSR count). The third kappa shape index (κ3) is 4.05. The van der Waals surface area contributed by atoms with Crippen molar-refractivity contribution in [2.45, 2.75) is 25.8 Å². The Hall–Kier alpha value is -1.95. The lowest BCUT2D eigenvalue weighted by Gasteiger charge is -2.07. The average molecular weight is 216 g/mol. The second kappa shape index (κ2) is 5.82. The number of rotatable bonds is 4. The highest BCUT2D eigenvalue weighted by Gasteiger charge is 2.04. The summed E-state index contributed by atoms with van der Waals surface area (Å²) in [5.74, 6) is 2.42. The highest BCUT2D eigenvalue weighted by atomic mass is 16.1. The van der Waals surface area contributed by atoms with E-state index in [1.807, 2.05) is 24.3 Å². The summed E-state index contributed by atoms with van der Waals surface area (Å²) in [7, 11) is 0. The molecule has 0 heterocycles. The van der Waals surface area contributed by atoms with Crippen molar-refractivity contribution < 1.29 is 4.79 Å². The minimum absolute atomic E-state index is 0.0344. The second-order valence-corrected chi connectivity index (χ2v) is 3.70. The third-order valence-electron chi connectivity index (χ3n) is 2.22. The molecule has 3 N–H and O–H groups in total. The highest BCUT2D eigenvalue weighted by Crippen LogP contribution is 2.08. The van der Waals surface area contributed by atoms with Crippen LogP contribution in [0.1, 0.15) is 18.9 Å². The van der Waals surface area contributed by atoms with E-state index in [2.05, 4.69) is 11.2 Å². The maximum absolute atomic E-state index is 11.4. The Morgan fingerprint density at radius 1 is 1.62 bits per heavy atom. The number of hydrogen-bond acceptors (Lipinski definition) is 2. The molecule has 16 heavy (non-hydrogen) atoms. The van der Waals surface area contributed by atoms with Crippen molar-refractivity contribution >= 4 is 11.6 Å². The van der Waals surface area contributed by atoms with Crippen LogP contribution in [0.4, 0.5) is 5.69 Å². The van der Waals surface area contributed by atoms with Crippen LogP contribution in [0.2, 0.25) is 0 Å². The summed E-state index contributed by atoms with van der Waals surface area (Å²) < 4.78 is 0. The van der Waals surface area contributed by atoms with Gasteiger partial charge in [0, 0.05) is 12.1 Å². The molecule has 1 amide bonds. The largest absolute Gasteiger partial charge is 0.399 e. The summed E-state index contributed by atoms with van der Waals surface area (Å²) >= 11 is 0. The zero-order valence-corrected chi connectivity index (χ0v) is 9.36. The van der Waals surface area contributed by atoms with E-state index in [1.54, 1.807) is 6.92 Å². The monoisotopic (exact) mass is 216 g/mol. The van der Waals surface area contributed by atoms with Crippen molar-refractivity contribution in [1.29, 1.82) is 0 Å². The fraction of sp³-hybridized carbons (Fsp3) is 0.308. The van der Waals surface area contributed by atoms with Gasteiger partial charge in [-0.2, -0.15) is 0 Å². The molecule has 0 radical (unpaired) electrons. The Morgan fingerprint density at radius 2 is 2.38 bits per heavy atom. The Labute approximate surface area is 96.0 Å². The molecular weight excluding hydrogens is 200 g/mol. The quantitative estimate of drug-likeness (QED) is 0.589. The number of terminal acetylenes is 1. The maximum atomic E-state index is 11.4. The topological polar surface area (TPSA) is 55.1 Å². The molecule has 0 aromatic heterocycles. The van der Waals surface area contributed by atoms with Gasteiger partial charge in [0.15, 0.2) is 0 Å². The Bertz CT molecular complexity index is 407. The summed E-state index contributed by atoms with van der Waals surface area (Å²) in [6.45, 7) is 1.78. The molecule has 0 aliphatic heterocycles. The number of nitrogens with two attached hydrogens (primary N) is 1. The minimum Gasteiger partial charge on any atom is -0.399 e. The number of carbonyl (C=O) groups excluding carboxylic acids is 1. The van der Waals surface area contributed by atoms with Crippen LogP contribution >= 0.6 is 0 Å². The molecule has 3 heteroatoms. The fourth-order valence-electron chi connectivity index (χ4n) is 1.36. The molecule has 1 atom stereocenters. The summed E-state index contributed by atoms with van der Waals surface area (Å²) in [6, 6.07) is 7.32. The van der Waals surface area contributed by atoms with Crippen LogP contribution in [0, 0.1) is 12.3 Å². The van der Waals surface area contributed by atoms with Crippen molar-refractivity contribution in [3.8, 4) is 12.3 Å². The van der Waals surface area contributed by atoms with Crippen LogP contribution in [0.25, 0.3) is 0 Å². The van der Waals surface area contributed by atoms with Crippen LogP contribution in [0.3, 0.4) is 0 Å². The molecule has 0 saturated heterocycles. The van der Waals surface area contributed by atoms with Gasteiger partial charge in [0.1, 0.15) is 0 Å². The number of nitrogens with one attached hydrogen (secondary N) is 1. The van der Waals surface area contributed by atoms with Crippen LogP contribution < -0.4 is 11.1 Å². The van der Waals surface area contributed by atoms with E-state index in [9.17, 15) is 4.79 Å². The first-order valence-electron chi connectivity index (χ1n) is 5.21. The van der Waals surface area contributed by atoms with Crippen LogP contribution in [0.15, 0.2) is 24.3 Å². The number of amides is 1. The molecule has 1 aromatic carbocycles. The average Bonchev–Trinajstić information content (AvgIpc) is 2.26. The zero-order chi connectivity index (χ0) is 12.0. The normalized spacial score (nSPS) is 11.5. The molecule has 0 spiro atoms. The standard InChI is InChI=1S/C13H16N2O/c1-3-10(2)15-13(16)8-7-11-5-4-6-12(14)9-11/h1,4-6,9-10H,7-8,14H2,2H3,(H,15,16). The predicted molar refractivity (Wildman–Crippen MR) is 65.6 cm³/mol. The summed E-state index contributed by atoms with van der Waals surface area (Å²) in [5, 5.41) is 2.71. The van der Waals surface area contributed by atoms with E-state index in [1.165, 1.54) is 0 Å². The van der Waals surface area contributed by atoms with Gasteiger partial charge in [-0.25, -0.2) is 0 Å². The van der Waals surface area contributed by atoms with Crippen molar-refractivity contribution in [3.63, 3.8) is 0 Å². The SMILES string of the molecule is C#CC(C)NC(=O)CCc1cccc(N)c1. The van der Waals surface area contributed by atoms with E-state index in [4.69, 9.17) is 12.2 Å². The van der Waals surface area contributed by atoms with E-state index in [0.29, 0.717) is 12.8 Å². The van der Waals surface area contributed by atoms with E-state index in [-0.39, 0.29) is 11.9 Å². The van der Waals surface area contributed by atoms with E-state index >= 15 is 0 Å². The van der Waals surface area contributed by atoms with Crippen molar-refractivity contribution in [1.82, 2.24) is 5.32 Å². The Morgan fingerprint density at radius 3 is 3.00 bits per heavy atom. The van der Waals surface area contributed by atoms with Gasteiger partial charge in [-0.1, -0.05) is 18.1 Å². The molecular formula is C13H16N2O. The number of anilines is 1. The molecule has 0 bridgehead atoms. The maximum Gasteiger partial charge on any atom is 0.221 e. The zero-order valence-electron chi connectivity index (χ0n) is 9.36. The molecule has 0 saturated carbocycles. The van der Waals surface area contributed by atoms with Gasteiger partial charge in [-0.3, -0.25) is 4.79 Å². The lowest BCUT2D eigenvalue weighted by atomic mass is 10.1. The van der Waals surface area contributed by atoms with Gasteiger partial charge < -0.3 is 11.1 Å². The smallest absolute Gasteiger partial charge is 0.221 e. The Kier molecular flexibility index (Phi) is 4.41. The van der Waals surface area contributed by atoms with Gasteiger partial charge in [0.2, 0.25) is 5.91 Å². The second-order valence-electron chi connectivity index (χ2n) is 3.70. The van der Waals surface area contributed by atoms with Crippen molar-refractivity contribution in [2.24, 2.45) is 0 Å². The predicted octanol–water partition coefficient (Wildman–Crippen LogP) is 1.34. The summed E-state index contributed by atoms with van der Waals surface area (Å²) in [6.07, 6.45) is 6.27. The van der Waals surface area contributed by atoms with Gasteiger partial charge in [-0.05, 0) is 31.0 Å². The van der Waals surface area contributed by atoms with Gasteiger partial charge in [-0.15, -0.1) is 6.42 Å². The van der Waals surface area contributed by atoms with Crippen LogP contribution in [0.5, 0.6) is 0 Å². The third-order valence-corrected chi connectivity index (χ3v) is 2.22. The van der Waals surface area contributed by atoms with Crippen molar-refractivity contribution in [3.05, 3.63) is 29.8 Å². The molecule has 1 aromatic rings. The van der Waals surface area contributed by atoms with Crippen LogP contribution in [-0.2, 0) is 11.2 Å². The Balaban J connectivity index is 2.41. The number of aryl methyl sites for hydroxylation is 1. The fourth-order valence-corrected chi connectivity index (χ4v) is 1.36. The summed E-state index contributed by atoms with van der Waals surface area (Å²) in [4.78, 5) is 11.4. The first-order chi connectivity index (χ1) is 7.61. The summed E-state index contributed by atoms with van der Waals surface area (Å²) in [5.41, 5.74) is 7.42.